The quantitative estimate of drug-likeness (QED) is 0.702. The lowest BCUT2D eigenvalue weighted by Gasteiger charge is -2.27. The number of hydrogen-bond donors (Lipinski definition) is 3. The molecule has 0 radical (unpaired) electrons. The van der Waals surface area contributed by atoms with Crippen LogP contribution in [0.1, 0.15) is 29.5 Å². The van der Waals surface area contributed by atoms with Crippen LogP contribution in [0.2, 0.25) is 0 Å². The van der Waals surface area contributed by atoms with Gasteiger partial charge in [-0.05, 0) is 25.0 Å². The first-order valence-corrected chi connectivity index (χ1v) is 7.70. The fourth-order valence-corrected chi connectivity index (χ4v) is 2.92. The minimum absolute atomic E-state index is 0.0289. The molecule has 2 heterocycles. The average Bonchev–Trinajstić information content (AvgIpc) is 2.53. The van der Waals surface area contributed by atoms with Crippen LogP contribution >= 0.6 is 0 Å². The van der Waals surface area contributed by atoms with Crippen LogP contribution in [0.4, 0.5) is 0 Å². The highest BCUT2D eigenvalue weighted by atomic mass is 16.5. The number of nitrogens with two attached hydrogens (primary N) is 1. The van der Waals surface area contributed by atoms with E-state index in [1.807, 2.05) is 19.1 Å². The second kappa shape index (κ2) is 6.31. The number of benzene rings is 1. The molecule has 1 aliphatic rings. The molecule has 0 amide bonds. The van der Waals surface area contributed by atoms with Gasteiger partial charge < -0.3 is 15.2 Å². The molecule has 0 aliphatic carbocycles. The van der Waals surface area contributed by atoms with E-state index in [-0.39, 0.29) is 29.5 Å². The summed E-state index contributed by atoms with van der Waals surface area (Å²) in [6.07, 6.45) is 0. The number of esters is 1. The van der Waals surface area contributed by atoms with E-state index in [1.165, 1.54) is 0 Å². The molecule has 0 saturated carbocycles. The summed E-state index contributed by atoms with van der Waals surface area (Å²) in [5.74, 6) is -1.78. The van der Waals surface area contributed by atoms with Crippen molar-refractivity contribution in [1.29, 1.82) is 0 Å². The number of fused-ring (bicyclic) bond motifs is 1. The number of nitrogens with one attached hydrogen (secondary N) is 2. The fourth-order valence-electron chi connectivity index (χ4n) is 2.92. The highest BCUT2D eigenvalue weighted by Crippen LogP contribution is 2.40. The van der Waals surface area contributed by atoms with E-state index in [0.717, 1.165) is 5.56 Å². The maximum Gasteiger partial charge on any atom is 0.340 e. The van der Waals surface area contributed by atoms with Crippen molar-refractivity contribution in [1.82, 2.24) is 9.97 Å². The molecule has 1 aromatic carbocycles. The van der Waals surface area contributed by atoms with E-state index < -0.39 is 23.1 Å². The SMILES string of the molecule is CCOC(=O)C1=C(N)Oc2[nH]c(=O)[nH]c(=O)c2[C@H]1c1ccccc1C. The Morgan fingerprint density at radius 3 is 2.68 bits per heavy atom. The van der Waals surface area contributed by atoms with Crippen molar-refractivity contribution in [3.63, 3.8) is 0 Å². The average molecular weight is 343 g/mol. The predicted octanol–water partition coefficient (Wildman–Crippen LogP) is 0.629. The zero-order chi connectivity index (χ0) is 18.1. The fraction of sp³-hybridized carbons (Fsp3) is 0.235. The molecule has 4 N–H and O–H groups in total. The van der Waals surface area contributed by atoms with Crippen LogP contribution in [0.25, 0.3) is 0 Å². The summed E-state index contributed by atoms with van der Waals surface area (Å²) < 4.78 is 10.4. The topological polar surface area (TPSA) is 127 Å². The van der Waals surface area contributed by atoms with E-state index in [9.17, 15) is 14.4 Å². The highest BCUT2D eigenvalue weighted by Gasteiger charge is 2.38. The molecule has 0 spiro atoms. The van der Waals surface area contributed by atoms with Gasteiger partial charge in [0, 0.05) is 0 Å². The van der Waals surface area contributed by atoms with Gasteiger partial charge in [0.1, 0.15) is 5.57 Å². The Kier molecular flexibility index (Phi) is 4.18. The number of aromatic nitrogens is 2. The molecule has 25 heavy (non-hydrogen) atoms. The van der Waals surface area contributed by atoms with Crippen molar-refractivity contribution < 1.29 is 14.3 Å². The number of aryl methyl sites for hydroxylation is 1. The van der Waals surface area contributed by atoms with E-state index in [1.54, 1.807) is 19.1 Å². The number of ether oxygens (including phenoxy) is 2. The Hall–Kier alpha value is -3.29. The van der Waals surface area contributed by atoms with Gasteiger partial charge in [0.2, 0.25) is 11.8 Å². The van der Waals surface area contributed by atoms with E-state index >= 15 is 0 Å². The molecule has 8 nitrogen and oxygen atoms in total. The first kappa shape index (κ1) is 16.6. The maximum absolute atomic E-state index is 12.5. The Balaban J connectivity index is 2.32. The third kappa shape index (κ3) is 2.82. The summed E-state index contributed by atoms with van der Waals surface area (Å²) in [6, 6.07) is 7.26. The molecule has 130 valence electrons. The Bertz CT molecular complexity index is 986. The number of hydrogen-bond acceptors (Lipinski definition) is 6. The molecular weight excluding hydrogens is 326 g/mol. The third-order valence-corrected chi connectivity index (χ3v) is 3.99. The van der Waals surface area contributed by atoms with E-state index in [2.05, 4.69) is 9.97 Å². The van der Waals surface area contributed by atoms with E-state index in [4.69, 9.17) is 15.2 Å². The molecular formula is C17H17N3O5. The molecule has 0 unspecified atom stereocenters. The molecule has 8 heteroatoms. The number of H-pyrrole nitrogens is 2. The molecule has 1 aromatic heterocycles. The van der Waals surface area contributed by atoms with Crippen LogP contribution < -0.4 is 21.7 Å². The molecule has 1 atom stereocenters. The van der Waals surface area contributed by atoms with Gasteiger partial charge in [-0.2, -0.15) is 0 Å². The zero-order valence-corrected chi connectivity index (χ0v) is 13.7. The number of carbonyl (C=O) groups is 1. The maximum atomic E-state index is 12.5. The van der Waals surface area contributed by atoms with Crippen LogP contribution in [-0.4, -0.2) is 22.5 Å². The predicted molar refractivity (Wildman–Crippen MR) is 89.2 cm³/mol. The molecule has 3 rings (SSSR count). The van der Waals surface area contributed by atoms with Gasteiger partial charge in [-0.15, -0.1) is 0 Å². The van der Waals surface area contributed by atoms with Gasteiger partial charge in [0.05, 0.1) is 18.1 Å². The second-order valence-electron chi connectivity index (χ2n) is 5.54. The smallest absolute Gasteiger partial charge is 0.340 e. The lowest BCUT2D eigenvalue weighted by Crippen LogP contribution is -2.36. The number of aromatic amines is 2. The summed E-state index contributed by atoms with van der Waals surface area (Å²) in [6.45, 7) is 3.66. The Morgan fingerprint density at radius 2 is 2.00 bits per heavy atom. The lowest BCUT2D eigenvalue weighted by atomic mass is 9.82. The van der Waals surface area contributed by atoms with Crippen molar-refractivity contribution in [3.8, 4) is 5.88 Å². The number of carbonyl (C=O) groups excluding carboxylic acids is 1. The monoisotopic (exact) mass is 343 g/mol. The second-order valence-corrected chi connectivity index (χ2v) is 5.54. The van der Waals surface area contributed by atoms with E-state index in [0.29, 0.717) is 5.56 Å². The first-order chi connectivity index (χ1) is 11.9. The first-order valence-electron chi connectivity index (χ1n) is 7.70. The Labute approximate surface area is 142 Å². The molecule has 2 aromatic rings. The van der Waals surface area contributed by atoms with Crippen LogP contribution in [0.5, 0.6) is 5.88 Å². The third-order valence-electron chi connectivity index (χ3n) is 3.99. The van der Waals surface area contributed by atoms with Gasteiger partial charge in [0.15, 0.2) is 0 Å². The van der Waals surface area contributed by atoms with Gasteiger partial charge in [-0.25, -0.2) is 9.59 Å². The summed E-state index contributed by atoms with van der Waals surface area (Å²) in [4.78, 5) is 41.0. The van der Waals surface area contributed by atoms with Gasteiger partial charge in [-0.1, -0.05) is 24.3 Å². The van der Waals surface area contributed by atoms with Crippen LogP contribution in [-0.2, 0) is 9.53 Å². The minimum Gasteiger partial charge on any atom is -0.462 e. The van der Waals surface area contributed by atoms with Crippen LogP contribution in [0.3, 0.4) is 0 Å². The van der Waals surface area contributed by atoms with Gasteiger partial charge in [0.25, 0.3) is 5.56 Å². The summed E-state index contributed by atoms with van der Waals surface area (Å²) >= 11 is 0. The molecule has 1 aliphatic heterocycles. The number of rotatable bonds is 3. The van der Waals surface area contributed by atoms with Crippen molar-refractivity contribution >= 4 is 5.97 Å². The largest absolute Gasteiger partial charge is 0.462 e. The molecule has 0 bridgehead atoms. The Morgan fingerprint density at radius 1 is 1.28 bits per heavy atom. The minimum atomic E-state index is -0.815. The normalized spacial score (nSPS) is 16.2. The van der Waals surface area contributed by atoms with Crippen molar-refractivity contribution in [2.45, 2.75) is 19.8 Å². The van der Waals surface area contributed by atoms with Gasteiger partial charge in [-0.3, -0.25) is 14.8 Å². The molecule has 0 fully saturated rings. The van der Waals surface area contributed by atoms with Crippen LogP contribution in [0.15, 0.2) is 45.3 Å². The lowest BCUT2D eigenvalue weighted by molar-refractivity contribution is -0.139. The standard InChI is InChI=1S/C17H17N3O5/c1-3-24-16(22)11-10(9-7-5-4-6-8(9)2)12-14(21)19-17(23)20-15(12)25-13(11)18/h4-7,10H,3,18H2,1-2H3,(H2,19,20,21,23)/t10-/m0/s1. The van der Waals surface area contributed by atoms with Crippen molar-refractivity contribution in [2.75, 3.05) is 6.61 Å². The van der Waals surface area contributed by atoms with Crippen LogP contribution in [0, 0.1) is 6.92 Å². The summed E-state index contributed by atoms with van der Waals surface area (Å²) in [5, 5.41) is 0. The van der Waals surface area contributed by atoms with Gasteiger partial charge >= 0.3 is 11.7 Å². The molecule has 0 saturated heterocycles. The summed E-state index contributed by atoms with van der Waals surface area (Å²) in [5.41, 5.74) is 6.22. The zero-order valence-electron chi connectivity index (χ0n) is 13.7. The van der Waals surface area contributed by atoms with Crippen molar-refractivity contribution in [2.24, 2.45) is 5.73 Å². The summed E-state index contributed by atoms with van der Waals surface area (Å²) in [7, 11) is 0. The highest BCUT2D eigenvalue weighted by molar-refractivity contribution is 5.92. The van der Waals surface area contributed by atoms with Crippen molar-refractivity contribution in [3.05, 3.63) is 73.3 Å².